The van der Waals surface area contributed by atoms with Gasteiger partial charge in [-0.2, -0.15) is 12.6 Å². The smallest absolute Gasteiger partial charge is 0.230 e. The number of likely N-dealkylation sites (N-methyl/N-ethyl adjacent to an activating group) is 1. The molecule has 0 aliphatic carbocycles. The Morgan fingerprint density at radius 2 is 1.93 bits per heavy atom. The molecule has 1 amide bonds. The van der Waals surface area contributed by atoms with Crippen LogP contribution in [0.3, 0.4) is 0 Å². The van der Waals surface area contributed by atoms with Gasteiger partial charge in [0.2, 0.25) is 5.91 Å². The van der Waals surface area contributed by atoms with Gasteiger partial charge < -0.3 is 11.1 Å². The number of carbonyl (C=O) groups excluding carboxylic acids is 2. The Balaban J connectivity index is 4.39. The van der Waals surface area contributed by atoms with Crippen LogP contribution < -0.4 is 11.1 Å². The number of primary amides is 1. The van der Waals surface area contributed by atoms with Gasteiger partial charge in [-0.3, -0.25) is 9.59 Å². The van der Waals surface area contributed by atoms with Crippen LogP contribution in [0.15, 0.2) is 0 Å². The third-order valence-electron chi connectivity index (χ3n) is 2.15. The van der Waals surface area contributed by atoms with Crippen LogP contribution in [0.1, 0.15) is 27.2 Å². The second kappa shape index (κ2) is 6.85. The molecule has 0 rings (SSSR count). The van der Waals surface area contributed by atoms with Crippen LogP contribution in [0.4, 0.5) is 0 Å². The van der Waals surface area contributed by atoms with Gasteiger partial charge in [0.1, 0.15) is 0 Å². The Hall–Kier alpha value is -0.550. The van der Waals surface area contributed by atoms with E-state index in [1.54, 1.807) is 0 Å². The Labute approximate surface area is 96.4 Å². The Morgan fingerprint density at radius 3 is 2.27 bits per heavy atom. The second-order valence-electron chi connectivity index (χ2n) is 3.82. The van der Waals surface area contributed by atoms with Gasteiger partial charge in [0, 0.05) is 5.92 Å². The molecule has 3 N–H and O–H groups in total. The van der Waals surface area contributed by atoms with Crippen molar-refractivity contribution in [3.63, 3.8) is 0 Å². The predicted octanol–water partition coefficient (Wildman–Crippen LogP) is 0.363. The lowest BCUT2D eigenvalue weighted by molar-refractivity contribution is -0.124. The summed E-state index contributed by atoms with van der Waals surface area (Å²) in [6.45, 7) is 6.27. The summed E-state index contributed by atoms with van der Waals surface area (Å²) in [6.07, 6.45) is 0.350. The number of amides is 1. The first-order valence-corrected chi connectivity index (χ1v) is 5.66. The molecule has 0 aliphatic heterocycles. The maximum absolute atomic E-state index is 11.7. The van der Waals surface area contributed by atoms with Gasteiger partial charge in [-0.1, -0.05) is 20.8 Å². The lowest BCUT2D eigenvalue weighted by Gasteiger charge is -2.20. The van der Waals surface area contributed by atoms with E-state index in [1.807, 2.05) is 20.8 Å². The first kappa shape index (κ1) is 14.5. The van der Waals surface area contributed by atoms with Crippen LogP contribution in [0.5, 0.6) is 0 Å². The largest absolute Gasteiger partial charge is 0.369 e. The van der Waals surface area contributed by atoms with Crippen LogP contribution in [-0.2, 0) is 9.59 Å². The summed E-state index contributed by atoms with van der Waals surface area (Å²) in [7, 11) is 0. The number of ketones is 1. The van der Waals surface area contributed by atoms with E-state index < -0.39 is 11.2 Å². The highest BCUT2D eigenvalue weighted by Crippen LogP contribution is 2.10. The summed E-state index contributed by atoms with van der Waals surface area (Å²) in [5, 5.41) is 2.47. The van der Waals surface area contributed by atoms with E-state index in [0.717, 1.165) is 0 Å². The number of carbonyl (C=O) groups is 2. The minimum atomic E-state index is -0.572. The highest BCUT2D eigenvalue weighted by atomic mass is 32.1. The summed E-state index contributed by atoms with van der Waals surface area (Å²) in [6, 6.07) is -0.329. The molecule has 5 heteroatoms. The van der Waals surface area contributed by atoms with Crippen molar-refractivity contribution in [2.75, 3.05) is 6.54 Å². The molecule has 0 saturated carbocycles. The molecule has 88 valence electrons. The van der Waals surface area contributed by atoms with Gasteiger partial charge in [-0.05, 0) is 13.0 Å². The molecule has 4 nitrogen and oxygen atoms in total. The molecule has 15 heavy (non-hydrogen) atoms. The molecule has 0 fully saturated rings. The molecule has 0 aromatic carbocycles. The molecule has 0 aromatic heterocycles. The molecule has 0 bridgehead atoms. The highest BCUT2D eigenvalue weighted by Gasteiger charge is 2.24. The van der Waals surface area contributed by atoms with Crippen molar-refractivity contribution in [1.82, 2.24) is 5.32 Å². The molecule has 0 spiro atoms. The Kier molecular flexibility index (Phi) is 6.60. The molecule has 0 heterocycles. The number of nitrogens with one attached hydrogen (secondary N) is 1. The van der Waals surface area contributed by atoms with E-state index in [4.69, 9.17) is 5.73 Å². The van der Waals surface area contributed by atoms with E-state index in [-0.39, 0.29) is 17.7 Å². The van der Waals surface area contributed by atoms with Crippen molar-refractivity contribution in [2.24, 2.45) is 11.7 Å². The average Bonchev–Trinajstić information content (AvgIpc) is 2.15. The van der Waals surface area contributed by atoms with Crippen molar-refractivity contribution in [3.8, 4) is 0 Å². The number of thiol groups is 1. The Bertz CT molecular complexity index is 231. The van der Waals surface area contributed by atoms with Crippen LogP contribution in [0.2, 0.25) is 0 Å². The molecular formula is C10H20N2O2S. The maximum Gasteiger partial charge on any atom is 0.230 e. The van der Waals surface area contributed by atoms with Crippen LogP contribution in [-0.4, -0.2) is 29.5 Å². The number of hydrogen-bond acceptors (Lipinski definition) is 4. The number of rotatable bonds is 7. The van der Waals surface area contributed by atoms with Crippen molar-refractivity contribution in [2.45, 2.75) is 38.5 Å². The van der Waals surface area contributed by atoms with Gasteiger partial charge in [0.05, 0.1) is 11.3 Å². The Morgan fingerprint density at radius 1 is 1.40 bits per heavy atom. The third kappa shape index (κ3) is 5.18. The van der Waals surface area contributed by atoms with Gasteiger partial charge in [0.15, 0.2) is 5.78 Å². The summed E-state index contributed by atoms with van der Waals surface area (Å²) in [5.41, 5.74) is 5.10. The first-order chi connectivity index (χ1) is 6.90. The van der Waals surface area contributed by atoms with Gasteiger partial charge in [0.25, 0.3) is 0 Å². The normalized spacial score (nSPS) is 15.0. The van der Waals surface area contributed by atoms with Crippen LogP contribution in [0, 0.1) is 5.92 Å². The van der Waals surface area contributed by atoms with E-state index in [1.165, 1.54) is 0 Å². The maximum atomic E-state index is 11.7. The van der Waals surface area contributed by atoms with Crippen molar-refractivity contribution in [1.29, 1.82) is 0 Å². The molecule has 0 aliphatic rings. The fourth-order valence-electron chi connectivity index (χ4n) is 1.29. The number of Topliss-reactive ketones (excluding diaryl/α,β-unsaturated/α-hetero) is 1. The zero-order valence-electron chi connectivity index (χ0n) is 9.49. The molecule has 0 radical (unpaired) electrons. The molecular weight excluding hydrogens is 212 g/mol. The van der Waals surface area contributed by atoms with E-state index in [2.05, 4.69) is 17.9 Å². The van der Waals surface area contributed by atoms with Crippen molar-refractivity contribution in [3.05, 3.63) is 0 Å². The van der Waals surface area contributed by atoms with E-state index >= 15 is 0 Å². The third-order valence-corrected chi connectivity index (χ3v) is 2.62. The standard InChI is InChI=1S/C10H20N2O2S/c1-4-12-7(9(13)6(2)3)5-8(15)10(11)14/h6-8,12,15H,4-5H2,1-3H3,(H2,11,14). The topological polar surface area (TPSA) is 72.2 Å². The summed E-state index contributed by atoms with van der Waals surface area (Å²) < 4.78 is 0. The highest BCUT2D eigenvalue weighted by molar-refractivity contribution is 7.81. The lowest BCUT2D eigenvalue weighted by Crippen LogP contribution is -2.42. The van der Waals surface area contributed by atoms with Crippen LogP contribution in [0.25, 0.3) is 0 Å². The average molecular weight is 232 g/mol. The second-order valence-corrected chi connectivity index (χ2v) is 4.44. The minimum absolute atomic E-state index is 0.0533. The SMILES string of the molecule is CCNC(CC(S)C(N)=O)C(=O)C(C)C. The monoisotopic (exact) mass is 232 g/mol. The lowest BCUT2D eigenvalue weighted by atomic mass is 9.97. The van der Waals surface area contributed by atoms with Gasteiger partial charge in [-0.15, -0.1) is 0 Å². The van der Waals surface area contributed by atoms with E-state index in [0.29, 0.717) is 13.0 Å². The quantitative estimate of drug-likeness (QED) is 0.555. The summed E-state index contributed by atoms with van der Waals surface area (Å²) in [4.78, 5) is 22.6. The van der Waals surface area contributed by atoms with Crippen molar-refractivity contribution < 1.29 is 9.59 Å². The molecule has 2 atom stereocenters. The molecule has 0 aromatic rings. The van der Waals surface area contributed by atoms with Crippen LogP contribution >= 0.6 is 12.6 Å². The zero-order valence-corrected chi connectivity index (χ0v) is 10.4. The van der Waals surface area contributed by atoms with Gasteiger partial charge in [-0.25, -0.2) is 0 Å². The van der Waals surface area contributed by atoms with E-state index in [9.17, 15) is 9.59 Å². The minimum Gasteiger partial charge on any atom is -0.369 e. The number of nitrogens with two attached hydrogens (primary N) is 1. The summed E-state index contributed by atoms with van der Waals surface area (Å²) in [5.74, 6) is -0.447. The molecule has 0 saturated heterocycles. The fraction of sp³-hybridized carbons (Fsp3) is 0.800. The first-order valence-electron chi connectivity index (χ1n) is 5.14. The zero-order chi connectivity index (χ0) is 12.0. The number of hydrogen-bond donors (Lipinski definition) is 3. The van der Waals surface area contributed by atoms with Crippen molar-refractivity contribution >= 4 is 24.3 Å². The molecule has 2 unspecified atom stereocenters. The summed E-state index contributed by atoms with van der Waals surface area (Å²) >= 11 is 4.05. The fourth-order valence-corrected chi connectivity index (χ4v) is 1.50. The predicted molar refractivity (Wildman–Crippen MR) is 63.9 cm³/mol. The van der Waals surface area contributed by atoms with Gasteiger partial charge >= 0.3 is 0 Å².